The highest BCUT2D eigenvalue weighted by molar-refractivity contribution is 5.81. The van der Waals surface area contributed by atoms with Gasteiger partial charge in [-0.25, -0.2) is 9.38 Å². The predicted molar refractivity (Wildman–Crippen MR) is 110 cm³/mol. The van der Waals surface area contributed by atoms with Gasteiger partial charge in [0.1, 0.15) is 18.2 Å². The lowest BCUT2D eigenvalue weighted by atomic mass is 10.0. The van der Waals surface area contributed by atoms with E-state index < -0.39 is 0 Å². The summed E-state index contributed by atoms with van der Waals surface area (Å²) in [7, 11) is 0. The lowest BCUT2D eigenvalue weighted by molar-refractivity contribution is 0.135. The minimum Gasteiger partial charge on any atom is -0.474 e. The molecule has 1 aromatic rings. The van der Waals surface area contributed by atoms with Crippen molar-refractivity contribution in [2.75, 3.05) is 13.2 Å². The van der Waals surface area contributed by atoms with Crippen LogP contribution >= 0.6 is 0 Å². The second-order valence-electron chi connectivity index (χ2n) is 6.71. The van der Waals surface area contributed by atoms with E-state index in [1.807, 2.05) is 44.7 Å². The van der Waals surface area contributed by atoms with Crippen molar-refractivity contribution >= 4 is 6.21 Å². The summed E-state index contributed by atoms with van der Waals surface area (Å²) in [6.07, 6.45) is 3.44. The third kappa shape index (κ3) is 5.22. The molecule has 0 radical (unpaired) electrons. The number of aliphatic imine (C=N–C) groups is 1. The monoisotopic (exact) mass is 371 g/mol. The Labute approximate surface area is 162 Å². The lowest BCUT2D eigenvalue weighted by Gasteiger charge is -2.31. The number of hydrogen-bond donors (Lipinski definition) is 1. The molecule has 0 aromatic heterocycles. The second kappa shape index (κ2) is 9.40. The first-order chi connectivity index (χ1) is 12.9. The third-order valence-electron chi connectivity index (χ3n) is 4.74. The molecule has 1 aliphatic rings. The average Bonchev–Trinajstić information content (AvgIpc) is 2.63. The number of allylic oxidation sites excluding steroid dienone is 1. The predicted octanol–water partition coefficient (Wildman–Crippen LogP) is 5.07. The van der Waals surface area contributed by atoms with E-state index in [1.54, 1.807) is 12.3 Å². The van der Waals surface area contributed by atoms with Crippen LogP contribution in [0.3, 0.4) is 0 Å². The van der Waals surface area contributed by atoms with Gasteiger partial charge in [-0.15, -0.1) is 0 Å². The van der Waals surface area contributed by atoms with E-state index in [4.69, 9.17) is 4.74 Å². The number of rotatable bonds is 8. The number of aryl methyl sites for hydroxylation is 1. The molecule has 1 aliphatic heterocycles. The molecule has 1 N–H and O–H groups in total. The van der Waals surface area contributed by atoms with Gasteiger partial charge in [-0.1, -0.05) is 32.1 Å². The Morgan fingerprint density at radius 3 is 2.81 bits per heavy atom. The van der Waals surface area contributed by atoms with E-state index in [2.05, 4.69) is 23.5 Å². The molecule has 146 valence electrons. The Kier molecular flexibility index (Phi) is 7.22. The Bertz CT molecular complexity index is 767. The molecule has 0 saturated carbocycles. The number of hydrogen-bond acceptors (Lipinski definition) is 4. The van der Waals surface area contributed by atoms with Crippen molar-refractivity contribution in [2.45, 2.75) is 46.6 Å². The summed E-state index contributed by atoms with van der Waals surface area (Å²) in [6, 6.07) is 5.31. The minimum absolute atomic E-state index is 0.0931. The normalized spacial score (nSPS) is 15.9. The lowest BCUT2D eigenvalue weighted by Crippen LogP contribution is -2.29. The Morgan fingerprint density at radius 2 is 2.19 bits per heavy atom. The fourth-order valence-corrected chi connectivity index (χ4v) is 3.08. The summed E-state index contributed by atoms with van der Waals surface area (Å²) >= 11 is 0. The number of nitrogens with zero attached hydrogens (tertiary/aromatic N) is 2. The van der Waals surface area contributed by atoms with E-state index >= 15 is 0 Å². The standard InChI is InChI=1S/C22H30FN3O/c1-7-9-19-10-11-20(12-22(19)23)15(3)25-17(5)24-13-21-14-27-18(6)26(8-2)16(21)4/h10-13,15,25H,5-9,14H2,1-4H3/b24-13-. The molecule has 0 spiro atoms. The van der Waals surface area contributed by atoms with Crippen LogP contribution in [0.4, 0.5) is 4.39 Å². The van der Waals surface area contributed by atoms with E-state index in [-0.39, 0.29) is 11.9 Å². The Balaban J connectivity index is 2.02. The van der Waals surface area contributed by atoms with E-state index in [0.29, 0.717) is 18.3 Å². The number of benzene rings is 1. The fraction of sp³-hybridized carbons (Fsp3) is 0.409. The highest BCUT2D eigenvalue weighted by Gasteiger charge is 2.18. The van der Waals surface area contributed by atoms with Crippen LogP contribution in [0.15, 0.2) is 59.3 Å². The first-order valence-electron chi connectivity index (χ1n) is 9.44. The Morgan fingerprint density at radius 1 is 1.44 bits per heavy atom. The highest BCUT2D eigenvalue weighted by Crippen LogP contribution is 2.22. The van der Waals surface area contributed by atoms with Crippen molar-refractivity contribution in [3.8, 4) is 0 Å². The van der Waals surface area contributed by atoms with Crippen molar-refractivity contribution in [3.05, 3.63) is 71.3 Å². The minimum atomic E-state index is -0.155. The first-order valence-corrected chi connectivity index (χ1v) is 9.44. The SMILES string of the molecule is C=C(/N=C\C1=C(C)N(CC)C(=C)OC1)NC(C)c1ccc(CCC)c(F)c1. The van der Waals surface area contributed by atoms with Gasteiger partial charge in [-0.2, -0.15) is 0 Å². The fourth-order valence-electron chi connectivity index (χ4n) is 3.08. The zero-order valence-electron chi connectivity index (χ0n) is 16.8. The molecule has 1 heterocycles. The molecule has 5 heteroatoms. The molecule has 2 rings (SSSR count). The molecule has 0 fully saturated rings. The molecule has 1 atom stereocenters. The van der Waals surface area contributed by atoms with E-state index in [1.165, 1.54) is 0 Å². The highest BCUT2D eigenvalue weighted by atomic mass is 19.1. The summed E-state index contributed by atoms with van der Waals surface area (Å²) in [4.78, 5) is 6.41. The van der Waals surface area contributed by atoms with E-state index in [0.717, 1.165) is 41.8 Å². The number of ether oxygens (including phenoxy) is 1. The number of halogens is 1. The van der Waals surface area contributed by atoms with Crippen molar-refractivity contribution in [1.82, 2.24) is 10.2 Å². The average molecular weight is 372 g/mol. The molecular formula is C22H30FN3O. The smallest absolute Gasteiger partial charge is 0.186 e. The summed E-state index contributed by atoms with van der Waals surface area (Å²) in [5, 5.41) is 3.21. The largest absolute Gasteiger partial charge is 0.474 e. The van der Waals surface area contributed by atoms with Gasteiger partial charge >= 0.3 is 0 Å². The number of nitrogens with one attached hydrogen (secondary N) is 1. The zero-order valence-corrected chi connectivity index (χ0v) is 16.8. The maximum Gasteiger partial charge on any atom is 0.186 e. The quantitative estimate of drug-likeness (QED) is 0.648. The Hall–Kier alpha value is -2.56. The van der Waals surface area contributed by atoms with Crippen LogP contribution in [-0.4, -0.2) is 24.3 Å². The molecule has 0 bridgehead atoms. The van der Waals surface area contributed by atoms with Gasteiger partial charge in [-0.3, -0.25) is 0 Å². The molecule has 27 heavy (non-hydrogen) atoms. The van der Waals surface area contributed by atoms with Crippen LogP contribution in [-0.2, 0) is 11.2 Å². The maximum atomic E-state index is 14.2. The molecule has 0 aliphatic carbocycles. The molecular weight excluding hydrogens is 341 g/mol. The van der Waals surface area contributed by atoms with Crippen molar-refractivity contribution < 1.29 is 9.13 Å². The van der Waals surface area contributed by atoms with Crippen LogP contribution in [0.25, 0.3) is 0 Å². The summed E-state index contributed by atoms with van der Waals surface area (Å²) in [6.45, 7) is 17.2. The van der Waals surface area contributed by atoms with Crippen LogP contribution in [0.2, 0.25) is 0 Å². The molecule has 4 nitrogen and oxygen atoms in total. The van der Waals surface area contributed by atoms with Gasteiger partial charge < -0.3 is 15.0 Å². The van der Waals surface area contributed by atoms with Crippen LogP contribution in [0.5, 0.6) is 0 Å². The van der Waals surface area contributed by atoms with Crippen molar-refractivity contribution in [1.29, 1.82) is 0 Å². The topological polar surface area (TPSA) is 36.9 Å². The summed E-state index contributed by atoms with van der Waals surface area (Å²) in [5.41, 5.74) is 3.68. The molecule has 1 aromatic carbocycles. The van der Waals surface area contributed by atoms with Crippen molar-refractivity contribution in [3.63, 3.8) is 0 Å². The summed E-state index contributed by atoms with van der Waals surface area (Å²) in [5.74, 6) is 1.02. The van der Waals surface area contributed by atoms with Crippen LogP contribution < -0.4 is 5.32 Å². The van der Waals surface area contributed by atoms with Crippen LogP contribution in [0, 0.1) is 5.82 Å². The third-order valence-corrected chi connectivity index (χ3v) is 4.74. The van der Waals surface area contributed by atoms with Gasteiger partial charge in [0.15, 0.2) is 5.88 Å². The van der Waals surface area contributed by atoms with Gasteiger partial charge in [0.05, 0.1) is 6.04 Å². The molecule has 0 saturated heterocycles. The van der Waals surface area contributed by atoms with Gasteiger partial charge in [0.25, 0.3) is 0 Å². The van der Waals surface area contributed by atoms with Gasteiger partial charge in [0, 0.05) is 24.0 Å². The molecule has 1 unspecified atom stereocenters. The maximum absolute atomic E-state index is 14.2. The van der Waals surface area contributed by atoms with Gasteiger partial charge in [-0.05, 0) is 51.0 Å². The zero-order chi connectivity index (χ0) is 20.0. The second-order valence-corrected chi connectivity index (χ2v) is 6.71. The van der Waals surface area contributed by atoms with Gasteiger partial charge in [0.2, 0.25) is 0 Å². The molecule has 0 amide bonds. The van der Waals surface area contributed by atoms with Crippen LogP contribution in [0.1, 0.15) is 51.3 Å². The van der Waals surface area contributed by atoms with Crippen molar-refractivity contribution in [2.24, 2.45) is 4.99 Å². The first kappa shape index (κ1) is 20.7. The summed E-state index contributed by atoms with van der Waals surface area (Å²) < 4.78 is 19.7. The van der Waals surface area contributed by atoms with E-state index in [9.17, 15) is 4.39 Å².